The van der Waals surface area contributed by atoms with E-state index in [1.165, 1.54) is 4.68 Å². The van der Waals surface area contributed by atoms with Gasteiger partial charge in [0.2, 0.25) is 0 Å². The first-order chi connectivity index (χ1) is 8.27. The zero-order valence-corrected chi connectivity index (χ0v) is 9.59. The lowest BCUT2D eigenvalue weighted by Gasteiger charge is -2.06. The molecule has 86 valence electrons. The van der Waals surface area contributed by atoms with Crippen LogP contribution in [0.3, 0.4) is 0 Å². The van der Waals surface area contributed by atoms with Crippen LogP contribution < -0.4 is 0 Å². The van der Waals surface area contributed by atoms with Crippen molar-refractivity contribution in [2.75, 3.05) is 0 Å². The van der Waals surface area contributed by atoms with E-state index in [-0.39, 0.29) is 13.2 Å². The Balaban J connectivity index is 2.61. The van der Waals surface area contributed by atoms with Gasteiger partial charge in [-0.1, -0.05) is 35.0 Å². The topological polar surface area (TPSA) is 74.7 Å². The molecule has 0 amide bonds. The van der Waals surface area contributed by atoms with Crippen molar-refractivity contribution in [2.24, 2.45) is 0 Å². The monoisotopic (exact) mass is 248 g/mol. The molecule has 2 aromatic rings. The van der Waals surface area contributed by atoms with Crippen LogP contribution in [-0.2, 0) is 13.2 Å². The summed E-state index contributed by atoms with van der Waals surface area (Å²) in [7, 11) is 0. The first-order valence-corrected chi connectivity index (χ1v) is 5.30. The van der Waals surface area contributed by atoms with Gasteiger partial charge in [0.05, 0.1) is 23.4 Å². The molecule has 0 saturated heterocycles. The van der Waals surface area contributed by atoms with Gasteiger partial charge in [-0.25, -0.2) is 4.68 Å². The lowest BCUT2D eigenvalue weighted by molar-refractivity contribution is 0.277. The Kier molecular flexibility index (Phi) is 3.38. The van der Waals surface area contributed by atoms with Crippen LogP contribution >= 0.6 is 11.6 Å². The van der Waals surface area contributed by atoms with Crippen LogP contribution in [0, 0.1) is 11.3 Å². The van der Waals surface area contributed by atoms with Crippen LogP contribution in [0.25, 0.3) is 11.3 Å². The van der Waals surface area contributed by atoms with Gasteiger partial charge in [-0.3, -0.25) is 0 Å². The number of nitriles is 1. The molecule has 0 fully saturated rings. The molecule has 0 atom stereocenters. The molecule has 0 bridgehead atoms. The highest BCUT2D eigenvalue weighted by atomic mass is 35.5. The minimum absolute atomic E-state index is 0.0631. The molecular weight excluding hydrogens is 240 g/mol. The minimum atomic E-state index is -0.244. The van der Waals surface area contributed by atoms with Gasteiger partial charge in [0.25, 0.3) is 0 Å². The highest BCUT2D eigenvalue weighted by molar-refractivity contribution is 6.33. The van der Waals surface area contributed by atoms with Crippen molar-refractivity contribution in [3.8, 4) is 17.3 Å². The molecule has 0 aliphatic carbocycles. The van der Waals surface area contributed by atoms with E-state index in [9.17, 15) is 5.11 Å². The summed E-state index contributed by atoms with van der Waals surface area (Å²) in [5.74, 6) is 0. The maximum atomic E-state index is 9.21. The number of aliphatic hydroxyl groups is 1. The van der Waals surface area contributed by atoms with Crippen molar-refractivity contribution in [1.29, 1.82) is 5.26 Å². The summed E-state index contributed by atoms with van der Waals surface area (Å²) in [5.41, 5.74) is 1.70. The fourth-order valence-electron chi connectivity index (χ4n) is 1.58. The Labute approximate surface area is 103 Å². The zero-order chi connectivity index (χ0) is 12.3. The maximum absolute atomic E-state index is 9.21. The number of hydrogen-bond acceptors (Lipinski definition) is 4. The Morgan fingerprint density at radius 1 is 1.41 bits per heavy atom. The molecule has 1 heterocycles. The van der Waals surface area contributed by atoms with Gasteiger partial charge in [-0.2, -0.15) is 5.26 Å². The summed E-state index contributed by atoms with van der Waals surface area (Å²) >= 11 is 6.08. The highest BCUT2D eigenvalue weighted by Gasteiger charge is 2.16. The van der Waals surface area contributed by atoms with Crippen LogP contribution in [-0.4, -0.2) is 20.1 Å². The van der Waals surface area contributed by atoms with E-state index in [0.717, 1.165) is 0 Å². The number of hydrogen-bond donors (Lipinski definition) is 1. The van der Waals surface area contributed by atoms with Crippen molar-refractivity contribution in [3.63, 3.8) is 0 Å². The lowest BCUT2D eigenvalue weighted by Crippen LogP contribution is -2.01. The maximum Gasteiger partial charge on any atom is 0.130 e. The van der Waals surface area contributed by atoms with Gasteiger partial charge in [-0.15, -0.1) is 5.10 Å². The summed E-state index contributed by atoms with van der Waals surface area (Å²) in [4.78, 5) is 0. The normalized spacial score (nSPS) is 10.2. The Hall–Kier alpha value is -1.90. The number of nitrogens with zero attached hydrogens (tertiary/aromatic N) is 4. The second kappa shape index (κ2) is 4.95. The van der Waals surface area contributed by atoms with E-state index in [1.807, 2.05) is 18.2 Å². The third-order valence-corrected chi connectivity index (χ3v) is 2.63. The van der Waals surface area contributed by atoms with Crippen molar-refractivity contribution in [3.05, 3.63) is 35.0 Å². The van der Waals surface area contributed by atoms with Crippen molar-refractivity contribution in [1.82, 2.24) is 15.0 Å². The van der Waals surface area contributed by atoms with E-state index >= 15 is 0 Å². The summed E-state index contributed by atoms with van der Waals surface area (Å²) in [6.45, 7) is -0.181. The first kappa shape index (κ1) is 11.6. The lowest BCUT2D eigenvalue weighted by atomic mass is 10.1. The molecule has 1 aromatic carbocycles. The van der Waals surface area contributed by atoms with Crippen molar-refractivity contribution >= 4 is 11.6 Å². The smallest absolute Gasteiger partial charge is 0.130 e. The number of halogens is 1. The molecule has 5 nitrogen and oxygen atoms in total. The third kappa shape index (κ3) is 2.13. The van der Waals surface area contributed by atoms with Gasteiger partial charge < -0.3 is 5.11 Å². The Bertz CT molecular complexity index is 573. The van der Waals surface area contributed by atoms with E-state index < -0.39 is 0 Å². The predicted octanol–water partition coefficient (Wildman–Crippen LogP) is 1.61. The quantitative estimate of drug-likeness (QED) is 0.896. The van der Waals surface area contributed by atoms with E-state index in [1.54, 1.807) is 12.1 Å². The molecule has 2 rings (SSSR count). The molecule has 0 spiro atoms. The molecule has 1 aromatic heterocycles. The average Bonchev–Trinajstić information content (AvgIpc) is 2.73. The minimum Gasteiger partial charge on any atom is -0.390 e. The number of aromatic nitrogens is 3. The largest absolute Gasteiger partial charge is 0.390 e. The molecular formula is C11H9ClN4O. The van der Waals surface area contributed by atoms with Crippen LogP contribution in [0.15, 0.2) is 24.3 Å². The zero-order valence-electron chi connectivity index (χ0n) is 8.84. The van der Waals surface area contributed by atoms with Gasteiger partial charge in [0.15, 0.2) is 0 Å². The second-order valence-electron chi connectivity index (χ2n) is 3.34. The molecule has 0 aliphatic rings. The SMILES string of the molecule is N#CCn1nnc(CO)c1-c1ccccc1Cl. The van der Waals surface area contributed by atoms with E-state index in [0.29, 0.717) is 22.0 Å². The van der Waals surface area contributed by atoms with E-state index in [2.05, 4.69) is 10.3 Å². The molecule has 0 unspecified atom stereocenters. The third-order valence-electron chi connectivity index (χ3n) is 2.30. The summed E-state index contributed by atoms with van der Waals surface area (Å²) in [5, 5.41) is 26.1. The second-order valence-corrected chi connectivity index (χ2v) is 3.75. The summed E-state index contributed by atoms with van der Waals surface area (Å²) < 4.78 is 1.42. The van der Waals surface area contributed by atoms with Gasteiger partial charge in [0.1, 0.15) is 12.2 Å². The first-order valence-electron chi connectivity index (χ1n) is 4.93. The van der Waals surface area contributed by atoms with Crippen LogP contribution in [0.1, 0.15) is 5.69 Å². The number of aliphatic hydroxyl groups excluding tert-OH is 1. The molecule has 17 heavy (non-hydrogen) atoms. The number of benzene rings is 1. The number of rotatable bonds is 3. The molecule has 0 radical (unpaired) electrons. The fourth-order valence-corrected chi connectivity index (χ4v) is 1.81. The molecule has 1 N–H and O–H groups in total. The van der Waals surface area contributed by atoms with Gasteiger partial charge >= 0.3 is 0 Å². The van der Waals surface area contributed by atoms with E-state index in [4.69, 9.17) is 16.9 Å². The summed E-state index contributed by atoms with van der Waals surface area (Å²) in [6.07, 6.45) is 0. The molecule has 0 saturated carbocycles. The molecule has 0 aliphatic heterocycles. The van der Waals surface area contributed by atoms with Gasteiger partial charge in [0, 0.05) is 5.56 Å². The average molecular weight is 249 g/mol. The highest BCUT2D eigenvalue weighted by Crippen LogP contribution is 2.29. The van der Waals surface area contributed by atoms with Crippen molar-refractivity contribution in [2.45, 2.75) is 13.2 Å². The molecule has 6 heteroatoms. The summed E-state index contributed by atoms with van der Waals surface area (Å²) in [6, 6.07) is 9.16. The Morgan fingerprint density at radius 2 is 2.18 bits per heavy atom. The Morgan fingerprint density at radius 3 is 2.82 bits per heavy atom. The predicted molar refractivity (Wildman–Crippen MR) is 62.0 cm³/mol. The van der Waals surface area contributed by atoms with Crippen molar-refractivity contribution < 1.29 is 5.11 Å². The standard InChI is InChI=1S/C11H9ClN4O/c12-9-4-2-1-3-8(9)11-10(7-17)14-15-16(11)6-5-13/h1-4,17H,6-7H2. The fraction of sp³-hybridized carbons (Fsp3) is 0.182. The van der Waals surface area contributed by atoms with Crippen LogP contribution in [0.2, 0.25) is 5.02 Å². The van der Waals surface area contributed by atoms with Gasteiger partial charge in [-0.05, 0) is 6.07 Å². The van der Waals surface area contributed by atoms with Crippen LogP contribution in [0.5, 0.6) is 0 Å². The van der Waals surface area contributed by atoms with Crippen LogP contribution in [0.4, 0.5) is 0 Å².